The normalized spacial score (nSPS) is 12.2. The molecular weight excluding hydrogens is 464 g/mol. The molecule has 1 aromatic heterocycles. The molecule has 0 aliphatic rings. The van der Waals surface area contributed by atoms with Crippen molar-refractivity contribution in [3.05, 3.63) is 83.4 Å². The number of hydrogen-bond acceptors (Lipinski definition) is 5. The maximum Gasteiger partial charge on any atom is 0.331 e. The van der Waals surface area contributed by atoms with Gasteiger partial charge in [0.15, 0.2) is 5.78 Å². The third-order valence-corrected chi connectivity index (χ3v) is 6.43. The number of benzene rings is 3. The first-order valence-electron chi connectivity index (χ1n) is 12.5. The molecule has 0 bridgehead atoms. The molecule has 0 aliphatic heterocycles. The second-order valence-corrected chi connectivity index (χ2v) is 10.2. The Balaban J connectivity index is 1.77. The van der Waals surface area contributed by atoms with Crippen LogP contribution in [-0.2, 0) is 22.6 Å². The molecule has 0 N–H and O–H groups in total. The third-order valence-electron chi connectivity index (χ3n) is 6.43. The van der Waals surface area contributed by atoms with Crippen molar-refractivity contribution in [3.8, 4) is 0 Å². The fourth-order valence-electron chi connectivity index (χ4n) is 4.55. The zero-order chi connectivity index (χ0) is 26.7. The lowest BCUT2D eigenvalue weighted by molar-refractivity contribution is -0.140. The van der Waals surface area contributed by atoms with E-state index in [1.165, 1.54) is 6.92 Å². The summed E-state index contributed by atoms with van der Waals surface area (Å²) in [5.41, 5.74) is 3.83. The van der Waals surface area contributed by atoms with Crippen molar-refractivity contribution in [1.82, 2.24) is 4.57 Å². The summed E-state index contributed by atoms with van der Waals surface area (Å²) in [4.78, 5) is 42.8. The Kier molecular flexibility index (Phi) is 7.39. The summed E-state index contributed by atoms with van der Waals surface area (Å²) in [5.74, 6) is -0.809. The summed E-state index contributed by atoms with van der Waals surface area (Å²) in [6, 6.07) is 21.1. The van der Waals surface area contributed by atoms with Crippen molar-refractivity contribution in [2.24, 2.45) is 10.6 Å². The molecule has 3 aromatic carbocycles. The van der Waals surface area contributed by atoms with E-state index in [2.05, 4.69) is 16.6 Å². The van der Waals surface area contributed by atoms with Crippen molar-refractivity contribution < 1.29 is 19.2 Å². The first-order chi connectivity index (χ1) is 17.6. The van der Waals surface area contributed by atoms with E-state index >= 15 is 0 Å². The van der Waals surface area contributed by atoms with Crippen LogP contribution in [0.15, 0.2) is 71.9 Å². The molecule has 0 fully saturated rings. The van der Waals surface area contributed by atoms with Gasteiger partial charge in [-0.3, -0.25) is 9.59 Å². The largest absolute Gasteiger partial charge is 0.341 e. The molecule has 4 aromatic rings. The maximum atomic E-state index is 13.6. The molecule has 0 saturated carbocycles. The number of aryl methyl sites for hydroxylation is 2. The van der Waals surface area contributed by atoms with E-state index in [0.29, 0.717) is 24.0 Å². The molecule has 190 valence electrons. The molecule has 0 spiro atoms. The summed E-state index contributed by atoms with van der Waals surface area (Å²) < 4.78 is 2.17. The van der Waals surface area contributed by atoms with Gasteiger partial charge in [-0.25, -0.2) is 4.79 Å². The van der Waals surface area contributed by atoms with E-state index in [1.54, 1.807) is 6.07 Å². The lowest BCUT2D eigenvalue weighted by Crippen LogP contribution is -2.20. The summed E-state index contributed by atoms with van der Waals surface area (Å²) in [7, 11) is 0. The van der Waals surface area contributed by atoms with E-state index in [1.807, 2.05) is 81.4 Å². The second-order valence-electron chi connectivity index (χ2n) is 10.2. The number of nitrogens with zero attached hydrogens (tertiary/aromatic N) is 2. The molecule has 0 radical (unpaired) electrons. The van der Waals surface area contributed by atoms with Gasteiger partial charge in [-0.15, -0.1) is 0 Å². The van der Waals surface area contributed by atoms with Crippen LogP contribution >= 0.6 is 0 Å². The monoisotopic (exact) mass is 496 g/mol. The summed E-state index contributed by atoms with van der Waals surface area (Å²) >= 11 is 0. The molecule has 0 aliphatic carbocycles. The fraction of sp³-hybridized carbons (Fsp3) is 0.290. The number of carbonyl (C=O) groups is 3. The van der Waals surface area contributed by atoms with Crippen LogP contribution in [0.3, 0.4) is 0 Å². The first kappa shape index (κ1) is 26.0. The minimum atomic E-state index is -0.581. The molecule has 6 heteroatoms. The van der Waals surface area contributed by atoms with Crippen molar-refractivity contribution >= 4 is 45.1 Å². The first-order valence-corrected chi connectivity index (χ1v) is 12.5. The van der Waals surface area contributed by atoms with Gasteiger partial charge in [-0.2, -0.15) is 0 Å². The molecule has 1 heterocycles. The van der Waals surface area contributed by atoms with Crippen molar-refractivity contribution in [3.63, 3.8) is 0 Å². The van der Waals surface area contributed by atoms with Crippen LogP contribution < -0.4 is 0 Å². The number of aromatic nitrogens is 1. The molecule has 4 rings (SSSR count). The van der Waals surface area contributed by atoms with Gasteiger partial charge in [0.05, 0.1) is 0 Å². The molecule has 0 amide bonds. The van der Waals surface area contributed by atoms with Crippen LogP contribution in [0.2, 0.25) is 0 Å². The molecule has 37 heavy (non-hydrogen) atoms. The highest BCUT2D eigenvalue weighted by Crippen LogP contribution is 2.32. The van der Waals surface area contributed by atoms with E-state index in [9.17, 15) is 14.4 Å². The average molecular weight is 497 g/mol. The van der Waals surface area contributed by atoms with Gasteiger partial charge < -0.3 is 9.40 Å². The SMILES string of the molecule is CCn1c2ccc(C(=O)C(CCc3ccccc3)=NOC(C)=O)cc2c2cc(C(=O)C(C)(C)C)ccc21. The van der Waals surface area contributed by atoms with Gasteiger partial charge in [0.2, 0.25) is 5.78 Å². The van der Waals surface area contributed by atoms with Crippen LogP contribution in [0, 0.1) is 5.41 Å². The standard InChI is InChI=1S/C31H32N2O4/c1-6-33-27-16-13-22(18-24(27)25-19-23(14-17-28(25)33)30(36)31(3,4)5)29(35)26(32-37-20(2)34)15-12-21-10-8-7-9-11-21/h7-11,13-14,16-19H,6,12,15H2,1-5H3. The number of fused-ring (bicyclic) bond motifs is 3. The number of ketones is 2. The Bertz CT molecular complexity index is 1520. The highest BCUT2D eigenvalue weighted by Gasteiger charge is 2.24. The minimum absolute atomic E-state index is 0.0655. The Hall–Kier alpha value is -4.06. The van der Waals surface area contributed by atoms with Gasteiger partial charge in [-0.1, -0.05) is 56.3 Å². The number of rotatable bonds is 8. The topological polar surface area (TPSA) is 77.7 Å². The zero-order valence-electron chi connectivity index (χ0n) is 22.0. The van der Waals surface area contributed by atoms with Crippen LogP contribution in [0.25, 0.3) is 21.8 Å². The highest BCUT2D eigenvalue weighted by atomic mass is 16.7. The van der Waals surface area contributed by atoms with Gasteiger partial charge >= 0.3 is 5.97 Å². The summed E-state index contributed by atoms with van der Waals surface area (Å²) in [6.07, 6.45) is 0.914. The summed E-state index contributed by atoms with van der Waals surface area (Å²) in [6.45, 7) is 9.79. The van der Waals surface area contributed by atoms with Crippen LogP contribution in [0.1, 0.15) is 67.3 Å². The minimum Gasteiger partial charge on any atom is -0.341 e. The highest BCUT2D eigenvalue weighted by molar-refractivity contribution is 6.46. The molecular formula is C31H32N2O4. The Morgan fingerprint density at radius 3 is 2.03 bits per heavy atom. The molecule has 0 atom stereocenters. The molecule has 0 saturated heterocycles. The van der Waals surface area contributed by atoms with E-state index < -0.39 is 11.4 Å². The lowest BCUT2D eigenvalue weighted by Gasteiger charge is -2.16. The van der Waals surface area contributed by atoms with Crippen molar-refractivity contribution in [2.75, 3.05) is 0 Å². The number of oxime groups is 1. The van der Waals surface area contributed by atoms with Crippen LogP contribution in [0.5, 0.6) is 0 Å². The third kappa shape index (κ3) is 5.53. The fourth-order valence-corrected chi connectivity index (χ4v) is 4.55. The van der Waals surface area contributed by atoms with Crippen molar-refractivity contribution in [1.29, 1.82) is 0 Å². The molecule has 0 unspecified atom stereocenters. The van der Waals surface area contributed by atoms with E-state index in [-0.39, 0.29) is 17.3 Å². The van der Waals surface area contributed by atoms with Crippen molar-refractivity contribution in [2.45, 2.75) is 54.0 Å². The summed E-state index contributed by atoms with van der Waals surface area (Å²) in [5, 5.41) is 5.72. The zero-order valence-corrected chi connectivity index (χ0v) is 22.0. The predicted octanol–water partition coefficient (Wildman–Crippen LogP) is 6.78. The van der Waals surface area contributed by atoms with Gasteiger partial charge in [-0.05, 0) is 55.3 Å². The van der Waals surface area contributed by atoms with Crippen LogP contribution in [-0.4, -0.2) is 27.8 Å². The number of hydrogen-bond donors (Lipinski definition) is 0. The van der Waals surface area contributed by atoms with E-state index in [4.69, 9.17) is 4.84 Å². The second kappa shape index (κ2) is 10.5. The smallest absolute Gasteiger partial charge is 0.331 e. The van der Waals surface area contributed by atoms with E-state index in [0.717, 1.165) is 33.9 Å². The van der Waals surface area contributed by atoms with Gasteiger partial charge in [0.25, 0.3) is 0 Å². The number of carbonyl (C=O) groups excluding carboxylic acids is 3. The maximum absolute atomic E-state index is 13.6. The Morgan fingerprint density at radius 1 is 0.865 bits per heavy atom. The average Bonchev–Trinajstić information content (AvgIpc) is 3.20. The van der Waals surface area contributed by atoms with Crippen LogP contribution in [0.4, 0.5) is 0 Å². The Morgan fingerprint density at radius 2 is 1.46 bits per heavy atom. The predicted molar refractivity (Wildman–Crippen MR) is 147 cm³/mol. The molecule has 6 nitrogen and oxygen atoms in total. The van der Waals surface area contributed by atoms with Gasteiger partial charge in [0, 0.05) is 58.2 Å². The lowest BCUT2D eigenvalue weighted by atomic mass is 9.86. The Labute approximate surface area is 216 Å². The quantitative estimate of drug-likeness (QED) is 0.117. The van der Waals surface area contributed by atoms with Gasteiger partial charge in [0.1, 0.15) is 5.71 Å². The number of Topliss-reactive ketones (excluding diaryl/α,β-unsaturated/α-hetero) is 2.